The lowest BCUT2D eigenvalue weighted by atomic mass is 9.65. The molecule has 27 heavy (non-hydrogen) atoms. The molecule has 0 amide bonds. The Morgan fingerprint density at radius 2 is 1.85 bits per heavy atom. The van der Waals surface area contributed by atoms with E-state index < -0.39 is 12.1 Å². The highest BCUT2D eigenvalue weighted by Crippen LogP contribution is 2.47. The number of hydrogen-bond acceptors (Lipinski definition) is 3. The molecule has 0 radical (unpaired) electrons. The number of aryl methyl sites for hydroxylation is 1. The summed E-state index contributed by atoms with van der Waals surface area (Å²) in [6.07, 6.45) is 3.44. The van der Waals surface area contributed by atoms with Gasteiger partial charge in [-0.25, -0.2) is 0 Å². The molecule has 1 N–H and O–H groups in total. The number of benzene rings is 1. The Bertz CT molecular complexity index is 668. The molecule has 2 aliphatic rings. The number of rotatable bonds is 5. The van der Waals surface area contributed by atoms with Gasteiger partial charge < -0.3 is 14.7 Å². The number of piperidine rings is 1. The van der Waals surface area contributed by atoms with E-state index in [0.717, 1.165) is 69.8 Å². The Balaban J connectivity index is 1.60. The van der Waals surface area contributed by atoms with Crippen molar-refractivity contribution in [2.75, 3.05) is 18.0 Å². The summed E-state index contributed by atoms with van der Waals surface area (Å²) in [7, 11) is 0. The van der Waals surface area contributed by atoms with E-state index in [1.165, 1.54) is 0 Å². The number of aliphatic carboxylic acids is 1. The number of halogens is 2. The van der Waals surface area contributed by atoms with E-state index in [0.29, 0.717) is 11.3 Å². The van der Waals surface area contributed by atoms with E-state index in [1.807, 2.05) is 13.0 Å². The van der Waals surface area contributed by atoms with Crippen LogP contribution >= 0.6 is 0 Å². The largest absolute Gasteiger partial charge is 0.481 e. The minimum atomic E-state index is -3.19. The average Bonchev–Trinajstić information content (AvgIpc) is 2.55. The van der Waals surface area contributed by atoms with Crippen LogP contribution in [-0.2, 0) is 4.79 Å². The molecule has 150 valence electrons. The quantitative estimate of drug-likeness (QED) is 0.758. The minimum Gasteiger partial charge on any atom is -0.481 e. The van der Waals surface area contributed by atoms with Crippen molar-refractivity contribution in [2.24, 2.45) is 11.3 Å². The smallest absolute Gasteiger partial charge is 0.394 e. The third-order valence-corrected chi connectivity index (χ3v) is 6.15. The minimum absolute atomic E-state index is 0.201. The summed E-state index contributed by atoms with van der Waals surface area (Å²) < 4.78 is 31.1. The zero-order valence-corrected chi connectivity index (χ0v) is 16.1. The average molecular weight is 381 g/mol. The van der Waals surface area contributed by atoms with Gasteiger partial charge in [0, 0.05) is 38.2 Å². The van der Waals surface area contributed by atoms with Crippen LogP contribution in [0.4, 0.5) is 14.5 Å². The fourth-order valence-electron chi connectivity index (χ4n) is 4.66. The first-order valence-corrected chi connectivity index (χ1v) is 9.79. The molecule has 1 aromatic carbocycles. The van der Waals surface area contributed by atoms with Gasteiger partial charge in [0.2, 0.25) is 0 Å². The third-order valence-electron chi connectivity index (χ3n) is 6.15. The van der Waals surface area contributed by atoms with Gasteiger partial charge in [-0.2, -0.15) is 8.78 Å². The number of carboxylic acids is 1. The number of hydrogen-bond donors (Lipinski definition) is 1. The van der Waals surface area contributed by atoms with Crippen LogP contribution in [0.5, 0.6) is 5.75 Å². The number of alkyl halides is 2. The zero-order valence-electron chi connectivity index (χ0n) is 16.1. The second kappa shape index (κ2) is 7.64. The summed E-state index contributed by atoms with van der Waals surface area (Å²) in [6, 6.07) is 5.35. The molecule has 1 aliphatic carbocycles. The van der Waals surface area contributed by atoms with Crippen LogP contribution in [0.2, 0.25) is 0 Å². The van der Waals surface area contributed by atoms with Crippen molar-refractivity contribution in [1.29, 1.82) is 0 Å². The van der Waals surface area contributed by atoms with Crippen LogP contribution in [-0.4, -0.2) is 30.3 Å². The van der Waals surface area contributed by atoms with Crippen molar-refractivity contribution < 1.29 is 23.4 Å². The second-order valence-corrected chi connectivity index (χ2v) is 8.44. The first-order valence-electron chi connectivity index (χ1n) is 9.79. The molecular weight excluding hydrogens is 352 g/mol. The van der Waals surface area contributed by atoms with Crippen LogP contribution in [0.25, 0.3) is 0 Å². The Morgan fingerprint density at radius 1 is 1.22 bits per heavy atom. The highest BCUT2D eigenvalue weighted by atomic mass is 19.3. The van der Waals surface area contributed by atoms with Gasteiger partial charge in [-0.15, -0.1) is 0 Å². The lowest BCUT2D eigenvalue weighted by Crippen LogP contribution is -2.42. The number of ether oxygens (including phenoxy) is 1. The molecule has 3 rings (SSSR count). The van der Waals surface area contributed by atoms with Gasteiger partial charge in [0.25, 0.3) is 0 Å². The standard InChI is InChI=1S/C21H29F2NO3/c1-15-11-17(14-18(12-15)27-20(2,22)23)24-9-7-21(8-10-24)5-3-16(4-6-21)13-19(25)26/h11-12,14,16H,3-10,13H2,1-2H3,(H,25,26). The second-order valence-electron chi connectivity index (χ2n) is 8.44. The molecule has 1 saturated carbocycles. The summed E-state index contributed by atoms with van der Waals surface area (Å²) in [6.45, 7) is 4.43. The van der Waals surface area contributed by atoms with E-state index in [-0.39, 0.29) is 12.2 Å². The molecule has 1 saturated heterocycles. The van der Waals surface area contributed by atoms with E-state index in [2.05, 4.69) is 4.90 Å². The van der Waals surface area contributed by atoms with Crippen LogP contribution in [0.15, 0.2) is 18.2 Å². The van der Waals surface area contributed by atoms with E-state index >= 15 is 0 Å². The highest BCUT2D eigenvalue weighted by Gasteiger charge is 2.38. The van der Waals surface area contributed by atoms with E-state index in [4.69, 9.17) is 9.84 Å². The molecule has 0 aromatic heterocycles. The van der Waals surface area contributed by atoms with Crippen molar-refractivity contribution in [3.05, 3.63) is 23.8 Å². The Kier molecular flexibility index (Phi) is 5.63. The van der Waals surface area contributed by atoms with Crippen molar-refractivity contribution >= 4 is 11.7 Å². The van der Waals surface area contributed by atoms with Crippen LogP contribution in [0.3, 0.4) is 0 Å². The first-order chi connectivity index (χ1) is 12.6. The zero-order chi connectivity index (χ0) is 19.7. The maximum Gasteiger partial charge on any atom is 0.394 e. The highest BCUT2D eigenvalue weighted by molar-refractivity contribution is 5.67. The predicted octanol–water partition coefficient (Wildman–Crippen LogP) is 5.24. The van der Waals surface area contributed by atoms with Gasteiger partial charge in [0.05, 0.1) is 0 Å². The molecule has 6 heteroatoms. The molecule has 0 bridgehead atoms. The molecule has 2 fully saturated rings. The van der Waals surface area contributed by atoms with Gasteiger partial charge in [0.15, 0.2) is 0 Å². The molecule has 1 heterocycles. The van der Waals surface area contributed by atoms with Crippen LogP contribution < -0.4 is 9.64 Å². The van der Waals surface area contributed by atoms with Gasteiger partial charge in [-0.1, -0.05) is 0 Å². The Hall–Kier alpha value is -1.85. The van der Waals surface area contributed by atoms with Gasteiger partial charge in [-0.3, -0.25) is 4.79 Å². The Labute approximate surface area is 159 Å². The molecule has 0 atom stereocenters. The monoisotopic (exact) mass is 381 g/mol. The molecule has 1 aromatic rings. The molecule has 4 nitrogen and oxygen atoms in total. The lowest BCUT2D eigenvalue weighted by molar-refractivity contribution is -0.159. The van der Waals surface area contributed by atoms with Crippen LogP contribution in [0, 0.1) is 18.3 Å². The maximum absolute atomic E-state index is 13.2. The van der Waals surface area contributed by atoms with Gasteiger partial charge >= 0.3 is 12.1 Å². The summed E-state index contributed by atoms with van der Waals surface area (Å²) in [5.41, 5.74) is 2.16. The van der Waals surface area contributed by atoms with E-state index in [9.17, 15) is 13.6 Å². The normalized spacial score (nSPS) is 20.7. The van der Waals surface area contributed by atoms with Crippen molar-refractivity contribution in [1.82, 2.24) is 0 Å². The number of carboxylic acid groups (broad SMARTS) is 1. The lowest BCUT2D eigenvalue weighted by Gasteiger charge is -2.46. The number of carbonyl (C=O) groups is 1. The topological polar surface area (TPSA) is 49.8 Å². The maximum atomic E-state index is 13.2. The predicted molar refractivity (Wildman–Crippen MR) is 101 cm³/mol. The molecule has 1 spiro atoms. The van der Waals surface area contributed by atoms with Crippen molar-refractivity contribution in [2.45, 2.75) is 64.9 Å². The number of anilines is 1. The number of nitrogens with zero attached hydrogens (tertiary/aromatic N) is 1. The first kappa shape index (κ1) is 19.9. The van der Waals surface area contributed by atoms with E-state index in [1.54, 1.807) is 12.1 Å². The SMILES string of the molecule is Cc1cc(OC(C)(F)F)cc(N2CCC3(CCC(CC(=O)O)CC3)CC2)c1. The third kappa shape index (κ3) is 5.33. The summed E-state index contributed by atoms with van der Waals surface area (Å²) in [5.74, 6) is -0.175. The molecule has 1 aliphatic heterocycles. The van der Waals surface area contributed by atoms with Gasteiger partial charge in [-0.05, 0) is 74.5 Å². The fraction of sp³-hybridized carbons (Fsp3) is 0.667. The Morgan fingerprint density at radius 3 is 2.41 bits per heavy atom. The fourth-order valence-corrected chi connectivity index (χ4v) is 4.66. The van der Waals surface area contributed by atoms with Crippen LogP contribution in [0.1, 0.15) is 57.4 Å². The van der Waals surface area contributed by atoms with Crippen molar-refractivity contribution in [3.8, 4) is 5.75 Å². The summed E-state index contributed by atoms with van der Waals surface area (Å²) >= 11 is 0. The molecular formula is C21H29F2NO3. The van der Waals surface area contributed by atoms with Gasteiger partial charge in [0.1, 0.15) is 5.75 Å². The molecule has 0 unspecified atom stereocenters. The van der Waals surface area contributed by atoms with Crippen molar-refractivity contribution in [3.63, 3.8) is 0 Å². The summed E-state index contributed by atoms with van der Waals surface area (Å²) in [4.78, 5) is 13.2. The summed E-state index contributed by atoms with van der Waals surface area (Å²) in [5, 5.41) is 8.98.